The van der Waals surface area contributed by atoms with Crippen LogP contribution in [0.3, 0.4) is 0 Å². The van der Waals surface area contributed by atoms with Crippen molar-refractivity contribution < 1.29 is 23.4 Å². The molecule has 26 heavy (non-hydrogen) atoms. The number of rotatable bonds is 12. The van der Waals surface area contributed by atoms with Crippen LogP contribution in [0, 0.1) is 5.41 Å². The molecule has 0 aromatic heterocycles. The highest BCUT2D eigenvalue weighted by atomic mass is 28.4. The molecule has 154 valence electrons. The van der Waals surface area contributed by atoms with E-state index in [4.69, 9.17) is 18.6 Å². The first kappa shape index (κ1) is 25.3. The number of hydrogen-bond donors (Lipinski definition) is 0. The Morgan fingerprint density at radius 1 is 1.12 bits per heavy atom. The zero-order chi connectivity index (χ0) is 20.4. The molecule has 0 aliphatic carbocycles. The van der Waals surface area contributed by atoms with E-state index in [0.29, 0.717) is 25.4 Å². The molecule has 1 atom stereocenters. The van der Waals surface area contributed by atoms with Crippen molar-refractivity contribution in [3.05, 3.63) is 11.6 Å². The van der Waals surface area contributed by atoms with Gasteiger partial charge in [0.1, 0.15) is 6.79 Å². The average Bonchev–Trinajstić information content (AvgIpc) is 2.52. The molecule has 0 bridgehead atoms. The smallest absolute Gasteiger partial charge is 0.333 e. The summed E-state index contributed by atoms with van der Waals surface area (Å²) in [5, 5.41) is 0.168. The fourth-order valence-electron chi connectivity index (χ4n) is 2.09. The number of hydrogen-bond acceptors (Lipinski definition) is 5. The summed E-state index contributed by atoms with van der Waals surface area (Å²) in [5.74, 6) is -0.248. The van der Waals surface area contributed by atoms with Crippen molar-refractivity contribution in [1.82, 2.24) is 0 Å². The SMILES string of the molecule is CCOC(=O)/C(C)=C/CC[C@](C)(COCOC)CO[Si](C)(C)C(C)(C)C. The van der Waals surface area contributed by atoms with Crippen molar-refractivity contribution in [3.8, 4) is 0 Å². The van der Waals surface area contributed by atoms with Gasteiger partial charge >= 0.3 is 5.97 Å². The monoisotopic (exact) mass is 388 g/mol. The molecule has 0 amide bonds. The van der Waals surface area contributed by atoms with Gasteiger partial charge in [0.2, 0.25) is 0 Å². The van der Waals surface area contributed by atoms with Gasteiger partial charge in [0.25, 0.3) is 0 Å². The molecule has 0 saturated heterocycles. The summed E-state index contributed by atoms with van der Waals surface area (Å²) in [6, 6.07) is 0. The number of carbonyl (C=O) groups excluding carboxylic acids is 1. The molecule has 0 aromatic rings. The van der Waals surface area contributed by atoms with Gasteiger partial charge < -0.3 is 18.6 Å². The predicted octanol–water partition coefficient (Wildman–Crippen LogP) is 4.92. The summed E-state index contributed by atoms with van der Waals surface area (Å²) in [4.78, 5) is 11.7. The second-order valence-electron chi connectivity index (χ2n) is 8.76. The third-order valence-corrected chi connectivity index (χ3v) is 9.51. The quantitative estimate of drug-likeness (QED) is 0.156. The highest BCUT2D eigenvalue weighted by Crippen LogP contribution is 2.38. The van der Waals surface area contributed by atoms with Crippen LogP contribution in [0.4, 0.5) is 0 Å². The predicted molar refractivity (Wildman–Crippen MR) is 109 cm³/mol. The lowest BCUT2D eigenvalue weighted by Crippen LogP contribution is -2.44. The van der Waals surface area contributed by atoms with E-state index in [1.807, 2.05) is 13.0 Å². The molecule has 0 aliphatic rings. The number of esters is 1. The Morgan fingerprint density at radius 2 is 1.73 bits per heavy atom. The van der Waals surface area contributed by atoms with Crippen LogP contribution in [-0.4, -0.2) is 48.0 Å². The molecule has 0 saturated carbocycles. The Labute approximate surface area is 161 Å². The molecule has 0 aromatic carbocycles. The van der Waals surface area contributed by atoms with Gasteiger partial charge in [0.15, 0.2) is 8.32 Å². The summed E-state index contributed by atoms with van der Waals surface area (Å²) in [6.45, 7) is 18.9. The van der Waals surface area contributed by atoms with E-state index in [1.54, 1.807) is 14.0 Å². The topological polar surface area (TPSA) is 54.0 Å². The van der Waals surface area contributed by atoms with E-state index in [0.717, 1.165) is 12.8 Å². The van der Waals surface area contributed by atoms with Crippen molar-refractivity contribution >= 4 is 14.3 Å². The Morgan fingerprint density at radius 3 is 2.23 bits per heavy atom. The molecule has 0 spiro atoms. The van der Waals surface area contributed by atoms with Crippen LogP contribution in [-0.2, 0) is 23.4 Å². The summed E-state index contributed by atoms with van der Waals surface area (Å²) in [7, 11) is -0.208. The van der Waals surface area contributed by atoms with E-state index < -0.39 is 8.32 Å². The standard InChI is InChI=1S/C20H40O5Si/c1-10-24-18(21)17(2)12-11-13-20(6,14-23-16-22-7)15-25-26(8,9)19(3,4)5/h12H,10-11,13-16H2,1-9H3/b17-12+/t20-/m1/s1. The summed E-state index contributed by atoms with van der Waals surface area (Å²) >= 11 is 0. The van der Waals surface area contributed by atoms with Gasteiger partial charge in [-0.1, -0.05) is 33.8 Å². The van der Waals surface area contributed by atoms with Gasteiger partial charge in [0.05, 0.1) is 13.2 Å². The Balaban J connectivity index is 4.91. The Kier molecular flexibility index (Phi) is 10.9. The molecule has 0 heterocycles. The maximum atomic E-state index is 11.7. The van der Waals surface area contributed by atoms with Gasteiger partial charge in [-0.3, -0.25) is 0 Å². The second kappa shape index (κ2) is 11.2. The molecule has 6 heteroatoms. The molecule has 0 unspecified atom stereocenters. The van der Waals surface area contributed by atoms with Crippen molar-refractivity contribution in [3.63, 3.8) is 0 Å². The van der Waals surface area contributed by atoms with E-state index in [2.05, 4.69) is 40.8 Å². The summed E-state index contributed by atoms with van der Waals surface area (Å²) in [6.07, 6.45) is 3.58. The number of ether oxygens (including phenoxy) is 3. The van der Waals surface area contributed by atoms with E-state index in [1.165, 1.54) is 0 Å². The minimum atomic E-state index is -1.83. The van der Waals surface area contributed by atoms with Crippen LogP contribution in [0.2, 0.25) is 18.1 Å². The Hall–Kier alpha value is -0.693. The van der Waals surface area contributed by atoms with Crippen LogP contribution in [0.1, 0.15) is 54.4 Å². The molecule has 0 radical (unpaired) electrons. The molecular weight excluding hydrogens is 348 g/mol. The van der Waals surface area contributed by atoms with Crippen molar-refractivity contribution in [2.45, 2.75) is 72.5 Å². The zero-order valence-electron chi connectivity index (χ0n) is 18.4. The third-order valence-electron chi connectivity index (χ3n) is 5.04. The molecule has 0 fully saturated rings. The molecule has 5 nitrogen and oxygen atoms in total. The minimum Gasteiger partial charge on any atom is -0.463 e. The van der Waals surface area contributed by atoms with Gasteiger partial charge in [0, 0.05) is 24.7 Å². The average molecular weight is 389 g/mol. The fraction of sp³-hybridized carbons (Fsp3) is 0.850. The maximum Gasteiger partial charge on any atom is 0.333 e. The van der Waals surface area contributed by atoms with Gasteiger partial charge in [-0.2, -0.15) is 0 Å². The second-order valence-corrected chi connectivity index (χ2v) is 13.6. The fourth-order valence-corrected chi connectivity index (χ4v) is 3.24. The van der Waals surface area contributed by atoms with E-state index >= 15 is 0 Å². The normalized spacial score (nSPS) is 15.7. The van der Waals surface area contributed by atoms with Crippen LogP contribution >= 0.6 is 0 Å². The Bertz CT molecular complexity index is 454. The lowest BCUT2D eigenvalue weighted by molar-refractivity contribution is -0.138. The molecule has 0 N–H and O–H groups in total. The van der Waals surface area contributed by atoms with E-state index in [-0.39, 0.29) is 23.2 Å². The third kappa shape index (κ3) is 9.30. The first-order chi connectivity index (χ1) is 11.9. The number of carbonyl (C=O) groups is 1. The van der Waals surface area contributed by atoms with Gasteiger partial charge in [-0.15, -0.1) is 0 Å². The minimum absolute atomic E-state index is 0.139. The highest BCUT2D eigenvalue weighted by molar-refractivity contribution is 6.74. The zero-order valence-corrected chi connectivity index (χ0v) is 19.4. The lowest BCUT2D eigenvalue weighted by atomic mass is 9.87. The number of methoxy groups -OCH3 is 1. The molecular formula is C20H40O5Si. The van der Waals surface area contributed by atoms with Crippen LogP contribution in [0.5, 0.6) is 0 Å². The highest BCUT2D eigenvalue weighted by Gasteiger charge is 2.39. The number of allylic oxidation sites excluding steroid dienone is 1. The van der Waals surface area contributed by atoms with Crippen LogP contribution in [0.15, 0.2) is 11.6 Å². The van der Waals surface area contributed by atoms with E-state index in [9.17, 15) is 4.79 Å². The lowest BCUT2D eigenvalue weighted by Gasteiger charge is -2.40. The van der Waals surface area contributed by atoms with Crippen molar-refractivity contribution in [2.75, 3.05) is 33.7 Å². The molecule has 0 aliphatic heterocycles. The van der Waals surface area contributed by atoms with Gasteiger partial charge in [-0.05, 0) is 44.8 Å². The van der Waals surface area contributed by atoms with Crippen LogP contribution in [0.25, 0.3) is 0 Å². The van der Waals surface area contributed by atoms with Crippen molar-refractivity contribution in [1.29, 1.82) is 0 Å². The van der Waals surface area contributed by atoms with Crippen molar-refractivity contribution in [2.24, 2.45) is 5.41 Å². The van der Waals surface area contributed by atoms with Gasteiger partial charge in [-0.25, -0.2) is 4.79 Å². The summed E-state index contributed by atoms with van der Waals surface area (Å²) < 4.78 is 22.1. The first-order valence-corrected chi connectivity index (χ1v) is 12.3. The maximum absolute atomic E-state index is 11.7. The molecule has 0 rings (SSSR count). The summed E-state index contributed by atoms with van der Waals surface area (Å²) in [5.41, 5.74) is 0.511. The largest absolute Gasteiger partial charge is 0.463 e. The first-order valence-electron chi connectivity index (χ1n) is 9.43. The van der Waals surface area contributed by atoms with Crippen LogP contribution < -0.4 is 0 Å².